The number of nitrogens with zero attached hydrogens (tertiary/aromatic N) is 3. The van der Waals surface area contributed by atoms with E-state index in [1.54, 1.807) is 17.8 Å². The Morgan fingerprint density at radius 2 is 2.04 bits per heavy atom. The van der Waals surface area contributed by atoms with Crippen LogP contribution in [0.25, 0.3) is 11.1 Å². The van der Waals surface area contributed by atoms with Gasteiger partial charge < -0.3 is 15.5 Å². The van der Waals surface area contributed by atoms with Crippen molar-refractivity contribution in [3.05, 3.63) is 47.7 Å². The molecule has 0 saturated heterocycles. The molecular weight excluding hydrogens is 359 g/mol. The summed E-state index contributed by atoms with van der Waals surface area (Å²) in [6.45, 7) is 2.79. The van der Waals surface area contributed by atoms with Crippen LogP contribution >= 0.6 is 0 Å². The first-order valence-corrected chi connectivity index (χ1v) is 9.30. The SMILES string of the molecule is CNC1=C(C(NC)Nc2cc(F)cc(-c3cnn(C)c3)c2)CN(C(C)=O)CC1. The fourth-order valence-corrected chi connectivity index (χ4v) is 3.52. The number of amides is 1. The lowest BCUT2D eigenvalue weighted by atomic mass is 10.0. The van der Waals surface area contributed by atoms with E-state index in [2.05, 4.69) is 21.0 Å². The number of rotatable bonds is 6. The topological polar surface area (TPSA) is 74.2 Å². The van der Waals surface area contributed by atoms with Crippen molar-refractivity contribution >= 4 is 11.6 Å². The van der Waals surface area contributed by atoms with Crippen LogP contribution in [0.5, 0.6) is 0 Å². The fourth-order valence-electron chi connectivity index (χ4n) is 3.52. The first-order chi connectivity index (χ1) is 13.4. The molecule has 0 fully saturated rings. The van der Waals surface area contributed by atoms with E-state index < -0.39 is 0 Å². The molecule has 3 N–H and O–H groups in total. The molecule has 7 nitrogen and oxygen atoms in total. The highest BCUT2D eigenvalue weighted by molar-refractivity contribution is 5.74. The van der Waals surface area contributed by atoms with Crippen molar-refractivity contribution in [1.82, 2.24) is 25.3 Å². The normalized spacial score (nSPS) is 15.5. The molecule has 0 radical (unpaired) electrons. The number of aromatic nitrogens is 2. The quantitative estimate of drug-likeness (QED) is 0.662. The number of carbonyl (C=O) groups excluding carboxylic acids is 1. The molecular formula is C20H27FN6O. The molecule has 8 heteroatoms. The summed E-state index contributed by atoms with van der Waals surface area (Å²) in [5, 5.41) is 14.0. The number of nitrogens with one attached hydrogen (secondary N) is 3. The van der Waals surface area contributed by atoms with Crippen LogP contribution in [0, 0.1) is 5.82 Å². The van der Waals surface area contributed by atoms with Gasteiger partial charge in [0, 0.05) is 69.2 Å². The van der Waals surface area contributed by atoms with Gasteiger partial charge in [-0.15, -0.1) is 0 Å². The third-order valence-corrected chi connectivity index (χ3v) is 5.01. The summed E-state index contributed by atoms with van der Waals surface area (Å²) in [5.41, 5.74) is 4.39. The van der Waals surface area contributed by atoms with Crippen molar-refractivity contribution in [3.63, 3.8) is 0 Å². The molecule has 0 bridgehead atoms. The Morgan fingerprint density at radius 3 is 2.64 bits per heavy atom. The number of likely N-dealkylation sites (N-methyl/N-ethyl adjacent to an activating group) is 1. The number of aryl methyl sites for hydroxylation is 1. The van der Waals surface area contributed by atoms with Crippen molar-refractivity contribution in [3.8, 4) is 11.1 Å². The van der Waals surface area contributed by atoms with Crippen LogP contribution in [-0.4, -0.2) is 53.9 Å². The van der Waals surface area contributed by atoms with Gasteiger partial charge in [0.2, 0.25) is 5.91 Å². The first-order valence-electron chi connectivity index (χ1n) is 9.30. The van der Waals surface area contributed by atoms with Crippen LogP contribution in [0.2, 0.25) is 0 Å². The maximum absolute atomic E-state index is 14.3. The molecule has 2 heterocycles. The summed E-state index contributed by atoms with van der Waals surface area (Å²) >= 11 is 0. The zero-order valence-corrected chi connectivity index (χ0v) is 16.7. The molecule has 0 spiro atoms. The molecule has 0 aliphatic carbocycles. The van der Waals surface area contributed by atoms with Crippen LogP contribution in [0.3, 0.4) is 0 Å². The number of carbonyl (C=O) groups is 1. The Kier molecular flexibility index (Phi) is 5.99. The van der Waals surface area contributed by atoms with E-state index in [9.17, 15) is 9.18 Å². The molecule has 150 valence electrons. The molecule has 1 atom stereocenters. The monoisotopic (exact) mass is 386 g/mol. The smallest absolute Gasteiger partial charge is 0.219 e. The van der Waals surface area contributed by atoms with Crippen molar-refractivity contribution in [2.45, 2.75) is 19.5 Å². The van der Waals surface area contributed by atoms with Crippen LogP contribution in [0.1, 0.15) is 13.3 Å². The molecule has 28 heavy (non-hydrogen) atoms. The molecule has 1 aliphatic heterocycles. The summed E-state index contributed by atoms with van der Waals surface area (Å²) < 4.78 is 15.9. The van der Waals surface area contributed by atoms with E-state index in [0.29, 0.717) is 18.8 Å². The molecule has 1 aromatic carbocycles. The second-order valence-electron chi connectivity index (χ2n) is 6.94. The van der Waals surface area contributed by atoms with Crippen molar-refractivity contribution in [2.75, 3.05) is 32.5 Å². The molecule has 0 saturated carbocycles. The minimum atomic E-state index is -0.324. The number of hydrogen-bond donors (Lipinski definition) is 3. The third-order valence-electron chi connectivity index (χ3n) is 5.01. The zero-order chi connectivity index (χ0) is 20.3. The number of benzene rings is 1. The predicted molar refractivity (Wildman–Crippen MR) is 108 cm³/mol. The van der Waals surface area contributed by atoms with Crippen LogP contribution in [0.4, 0.5) is 10.1 Å². The summed E-state index contributed by atoms with van der Waals surface area (Å²) in [5.74, 6) is -0.275. The molecule has 3 rings (SSSR count). The summed E-state index contributed by atoms with van der Waals surface area (Å²) in [6, 6.07) is 4.86. The van der Waals surface area contributed by atoms with Crippen molar-refractivity contribution in [1.29, 1.82) is 0 Å². The van der Waals surface area contributed by atoms with Gasteiger partial charge in [0.25, 0.3) is 0 Å². The number of anilines is 1. The van der Waals surface area contributed by atoms with Gasteiger partial charge in [-0.25, -0.2) is 4.39 Å². The minimum absolute atomic E-state index is 0.0483. The van der Waals surface area contributed by atoms with E-state index in [1.807, 2.05) is 38.3 Å². The highest BCUT2D eigenvalue weighted by Crippen LogP contribution is 2.26. The molecule has 1 unspecified atom stereocenters. The lowest BCUT2D eigenvalue weighted by Gasteiger charge is -2.34. The van der Waals surface area contributed by atoms with Crippen LogP contribution < -0.4 is 16.0 Å². The van der Waals surface area contributed by atoms with Crippen LogP contribution in [0.15, 0.2) is 41.9 Å². The number of halogens is 1. The number of hydrogen-bond acceptors (Lipinski definition) is 5. The Morgan fingerprint density at radius 1 is 1.25 bits per heavy atom. The van der Waals surface area contributed by atoms with Gasteiger partial charge in [-0.05, 0) is 30.8 Å². The van der Waals surface area contributed by atoms with E-state index in [0.717, 1.165) is 28.8 Å². The lowest BCUT2D eigenvalue weighted by molar-refractivity contribution is -0.128. The van der Waals surface area contributed by atoms with Gasteiger partial charge >= 0.3 is 0 Å². The van der Waals surface area contributed by atoms with Gasteiger partial charge in [0.1, 0.15) is 12.0 Å². The Hall–Kier alpha value is -2.87. The summed E-state index contributed by atoms with van der Waals surface area (Å²) in [6.07, 6.45) is 4.08. The third kappa shape index (κ3) is 4.33. The predicted octanol–water partition coefficient (Wildman–Crippen LogP) is 1.91. The Bertz CT molecular complexity index is 891. The lowest BCUT2D eigenvalue weighted by Crippen LogP contribution is -2.46. The highest BCUT2D eigenvalue weighted by Gasteiger charge is 2.25. The minimum Gasteiger partial charge on any atom is -0.391 e. The summed E-state index contributed by atoms with van der Waals surface area (Å²) in [4.78, 5) is 13.7. The average molecular weight is 386 g/mol. The second kappa shape index (κ2) is 8.43. The molecule has 1 aromatic heterocycles. The summed E-state index contributed by atoms with van der Waals surface area (Å²) in [7, 11) is 5.55. The highest BCUT2D eigenvalue weighted by atomic mass is 19.1. The Balaban J connectivity index is 1.89. The van der Waals surface area contributed by atoms with Crippen LogP contribution in [-0.2, 0) is 11.8 Å². The maximum Gasteiger partial charge on any atom is 0.219 e. The largest absolute Gasteiger partial charge is 0.391 e. The fraction of sp³-hybridized carbons (Fsp3) is 0.400. The average Bonchev–Trinajstić information content (AvgIpc) is 3.11. The zero-order valence-electron chi connectivity index (χ0n) is 16.7. The van der Waals surface area contributed by atoms with Gasteiger partial charge in [0.05, 0.1) is 6.20 Å². The van der Waals surface area contributed by atoms with E-state index >= 15 is 0 Å². The Labute approximate surface area is 164 Å². The van der Waals surface area contributed by atoms with Gasteiger partial charge in [-0.2, -0.15) is 5.10 Å². The van der Waals surface area contributed by atoms with E-state index in [4.69, 9.17) is 0 Å². The second-order valence-corrected chi connectivity index (χ2v) is 6.94. The van der Waals surface area contributed by atoms with Gasteiger partial charge in [-0.1, -0.05) is 0 Å². The standard InChI is InChI=1S/C20H27FN6O/c1-13(28)27-6-5-19(22-2)18(12-27)20(23-3)25-17-8-14(7-16(21)9-17)15-10-24-26(4)11-15/h7-11,20,22-23,25H,5-6,12H2,1-4H3. The first kappa shape index (κ1) is 19.9. The molecule has 2 aromatic rings. The maximum atomic E-state index is 14.3. The van der Waals surface area contributed by atoms with E-state index in [-0.39, 0.29) is 17.9 Å². The molecule has 1 aliphatic rings. The van der Waals surface area contributed by atoms with Crippen molar-refractivity contribution in [2.24, 2.45) is 7.05 Å². The van der Waals surface area contributed by atoms with Gasteiger partial charge in [0.15, 0.2) is 0 Å². The van der Waals surface area contributed by atoms with Gasteiger partial charge in [-0.3, -0.25) is 14.8 Å². The van der Waals surface area contributed by atoms with E-state index in [1.165, 1.54) is 12.1 Å². The molecule has 1 amide bonds. The van der Waals surface area contributed by atoms with Crippen molar-refractivity contribution < 1.29 is 9.18 Å².